The molecule has 1 aromatic heterocycles. The Morgan fingerprint density at radius 2 is 2.05 bits per heavy atom. The molecule has 1 amide bonds. The van der Waals surface area contributed by atoms with Gasteiger partial charge >= 0.3 is 6.09 Å². The lowest BCUT2D eigenvalue weighted by atomic mass is 9.98. The predicted molar refractivity (Wildman–Crippen MR) is 75.5 cm³/mol. The fourth-order valence-corrected chi connectivity index (χ4v) is 1.67. The van der Waals surface area contributed by atoms with E-state index in [1.807, 2.05) is 13.8 Å². The smallest absolute Gasteiger partial charge is 0.408 e. The first kappa shape index (κ1) is 16.2. The molecule has 2 atom stereocenters. The molecule has 20 heavy (non-hydrogen) atoms. The minimum Gasteiger partial charge on any atom is -0.444 e. The Balaban J connectivity index is 2.80. The molecule has 6 heteroatoms. The monoisotopic (exact) mass is 281 g/mol. The number of amides is 1. The molecule has 0 saturated carbocycles. The van der Waals surface area contributed by atoms with Gasteiger partial charge in [0.05, 0.1) is 0 Å². The second-order valence-corrected chi connectivity index (χ2v) is 5.82. The number of nitrogens with one attached hydrogen (secondary N) is 1. The molecule has 0 aromatic carbocycles. The van der Waals surface area contributed by atoms with Crippen molar-refractivity contribution in [2.45, 2.75) is 52.7 Å². The number of hydrogen-bond acceptors (Lipinski definition) is 4. The lowest BCUT2D eigenvalue weighted by Crippen LogP contribution is -2.48. The Morgan fingerprint density at radius 3 is 2.50 bits per heavy atom. The van der Waals surface area contributed by atoms with Gasteiger partial charge in [-0.3, -0.25) is 9.36 Å². The third-order valence-electron chi connectivity index (χ3n) is 2.91. The zero-order valence-corrected chi connectivity index (χ0v) is 12.7. The summed E-state index contributed by atoms with van der Waals surface area (Å²) in [6.45, 7) is 9.22. The number of nitrogens with zero attached hydrogens (tertiary/aromatic N) is 2. The highest BCUT2D eigenvalue weighted by molar-refractivity contribution is 5.87. The first-order valence-corrected chi connectivity index (χ1v) is 6.76. The van der Waals surface area contributed by atoms with Crippen molar-refractivity contribution < 1.29 is 14.3 Å². The van der Waals surface area contributed by atoms with Gasteiger partial charge in [0.25, 0.3) is 5.91 Å². The van der Waals surface area contributed by atoms with Crippen LogP contribution in [0.3, 0.4) is 0 Å². The van der Waals surface area contributed by atoms with Gasteiger partial charge in [-0.05, 0) is 26.7 Å². The Bertz CT molecular complexity index is 449. The molecule has 1 aromatic rings. The molecule has 6 nitrogen and oxygen atoms in total. The van der Waals surface area contributed by atoms with Crippen LogP contribution in [0.5, 0.6) is 0 Å². The van der Waals surface area contributed by atoms with Gasteiger partial charge in [0.2, 0.25) is 0 Å². The molecule has 0 bridgehead atoms. The second kappa shape index (κ2) is 6.54. The van der Waals surface area contributed by atoms with E-state index >= 15 is 0 Å². The summed E-state index contributed by atoms with van der Waals surface area (Å²) in [4.78, 5) is 28.1. The lowest BCUT2D eigenvalue weighted by Gasteiger charge is -2.26. The molecular formula is C14H23N3O3. The SMILES string of the molecule is CCC(C)[C@H](NC(=O)OC(C)(C)C)C(=O)n1ccnc1. The van der Waals surface area contributed by atoms with Gasteiger partial charge in [-0.15, -0.1) is 0 Å². The maximum atomic E-state index is 12.4. The van der Waals surface area contributed by atoms with Gasteiger partial charge in [-0.25, -0.2) is 9.78 Å². The Kier molecular flexibility index (Phi) is 5.30. The highest BCUT2D eigenvalue weighted by Crippen LogP contribution is 2.12. The molecule has 0 aliphatic carbocycles. The Hall–Kier alpha value is -1.85. The topological polar surface area (TPSA) is 73.2 Å². The quantitative estimate of drug-likeness (QED) is 0.920. The number of ether oxygens (including phenoxy) is 1. The van der Waals surface area contributed by atoms with Crippen LogP contribution in [0, 0.1) is 5.92 Å². The molecule has 112 valence electrons. The minimum atomic E-state index is -0.635. The van der Waals surface area contributed by atoms with Crippen molar-refractivity contribution in [3.8, 4) is 0 Å². The lowest BCUT2D eigenvalue weighted by molar-refractivity contribution is 0.0460. The number of alkyl carbamates (subject to hydrolysis) is 1. The van der Waals surface area contributed by atoms with Crippen molar-refractivity contribution in [1.82, 2.24) is 14.9 Å². The third-order valence-corrected chi connectivity index (χ3v) is 2.91. The van der Waals surface area contributed by atoms with E-state index in [0.29, 0.717) is 0 Å². The van der Waals surface area contributed by atoms with E-state index in [1.54, 1.807) is 27.0 Å². The summed E-state index contributed by atoms with van der Waals surface area (Å²) in [5.74, 6) is -0.222. The van der Waals surface area contributed by atoms with Crippen molar-refractivity contribution in [1.29, 1.82) is 0 Å². The number of aromatic nitrogens is 2. The van der Waals surface area contributed by atoms with Crippen LogP contribution in [-0.4, -0.2) is 33.2 Å². The van der Waals surface area contributed by atoms with Crippen molar-refractivity contribution in [3.63, 3.8) is 0 Å². The highest BCUT2D eigenvalue weighted by Gasteiger charge is 2.29. The van der Waals surface area contributed by atoms with E-state index in [-0.39, 0.29) is 11.8 Å². The summed E-state index contributed by atoms with van der Waals surface area (Å²) in [7, 11) is 0. The summed E-state index contributed by atoms with van der Waals surface area (Å²) < 4.78 is 6.57. The number of carbonyl (C=O) groups is 2. The number of rotatable bonds is 4. The van der Waals surface area contributed by atoms with Gasteiger partial charge in [-0.2, -0.15) is 0 Å². The van der Waals surface area contributed by atoms with E-state index in [9.17, 15) is 9.59 Å². The predicted octanol–water partition coefficient (Wildman–Crippen LogP) is 2.46. The van der Waals surface area contributed by atoms with Crippen LogP contribution < -0.4 is 5.32 Å². The molecular weight excluding hydrogens is 258 g/mol. The van der Waals surface area contributed by atoms with Gasteiger partial charge < -0.3 is 10.1 Å². The maximum Gasteiger partial charge on any atom is 0.408 e. The zero-order chi connectivity index (χ0) is 15.3. The highest BCUT2D eigenvalue weighted by atomic mass is 16.6. The number of imidazole rings is 1. The molecule has 1 heterocycles. The van der Waals surface area contributed by atoms with Crippen molar-refractivity contribution in [3.05, 3.63) is 18.7 Å². The molecule has 0 spiro atoms. The van der Waals surface area contributed by atoms with Crippen LogP contribution in [0.25, 0.3) is 0 Å². The van der Waals surface area contributed by atoms with Gasteiger partial charge in [0, 0.05) is 12.4 Å². The van der Waals surface area contributed by atoms with Crippen LogP contribution >= 0.6 is 0 Å². The summed E-state index contributed by atoms with van der Waals surface area (Å²) in [6.07, 6.45) is 4.69. The number of carbonyl (C=O) groups excluding carboxylic acids is 2. The third kappa shape index (κ3) is 4.68. The summed E-state index contributed by atoms with van der Waals surface area (Å²) in [5.41, 5.74) is -0.595. The maximum absolute atomic E-state index is 12.4. The molecule has 1 unspecified atom stereocenters. The van der Waals surface area contributed by atoms with Crippen molar-refractivity contribution in [2.75, 3.05) is 0 Å². The van der Waals surface area contributed by atoms with Gasteiger partial charge in [0.15, 0.2) is 0 Å². The molecule has 0 aliphatic rings. The molecule has 0 radical (unpaired) electrons. The van der Waals surface area contributed by atoms with Crippen LogP contribution in [0.15, 0.2) is 18.7 Å². The second-order valence-electron chi connectivity index (χ2n) is 5.82. The van der Waals surface area contributed by atoms with Gasteiger partial charge in [0.1, 0.15) is 18.0 Å². The average Bonchev–Trinajstić information content (AvgIpc) is 2.85. The van der Waals surface area contributed by atoms with E-state index in [2.05, 4.69) is 10.3 Å². The summed E-state index contributed by atoms with van der Waals surface area (Å²) in [5, 5.41) is 2.65. The summed E-state index contributed by atoms with van der Waals surface area (Å²) in [6, 6.07) is -0.635. The van der Waals surface area contributed by atoms with Gasteiger partial charge in [-0.1, -0.05) is 20.3 Å². The molecule has 1 N–H and O–H groups in total. The molecule has 0 aliphatic heterocycles. The normalized spacial score (nSPS) is 14.4. The van der Waals surface area contributed by atoms with E-state index in [0.717, 1.165) is 6.42 Å². The van der Waals surface area contributed by atoms with Crippen LogP contribution in [-0.2, 0) is 4.74 Å². The van der Waals surface area contributed by atoms with Crippen molar-refractivity contribution in [2.24, 2.45) is 5.92 Å². The first-order valence-electron chi connectivity index (χ1n) is 6.76. The van der Waals surface area contributed by atoms with Crippen LogP contribution in [0.1, 0.15) is 45.8 Å². The molecule has 0 saturated heterocycles. The van der Waals surface area contributed by atoms with Crippen LogP contribution in [0.4, 0.5) is 4.79 Å². The number of hydrogen-bond donors (Lipinski definition) is 1. The fraction of sp³-hybridized carbons (Fsp3) is 0.643. The van der Waals surface area contributed by atoms with E-state index < -0.39 is 17.7 Å². The minimum absolute atomic E-state index is 0.00239. The van der Waals surface area contributed by atoms with E-state index in [1.165, 1.54) is 17.1 Å². The first-order chi connectivity index (χ1) is 9.24. The molecule has 1 rings (SSSR count). The molecule has 0 fully saturated rings. The largest absolute Gasteiger partial charge is 0.444 e. The van der Waals surface area contributed by atoms with Crippen LogP contribution in [0.2, 0.25) is 0 Å². The standard InChI is InChI=1S/C14H23N3O3/c1-6-10(2)11(12(18)17-8-7-15-9-17)16-13(19)20-14(3,4)5/h7-11H,6H2,1-5H3,(H,16,19)/t10?,11-/m0/s1. The van der Waals surface area contributed by atoms with Crippen molar-refractivity contribution >= 4 is 12.0 Å². The zero-order valence-electron chi connectivity index (χ0n) is 12.7. The summed E-state index contributed by atoms with van der Waals surface area (Å²) >= 11 is 0. The fourth-order valence-electron chi connectivity index (χ4n) is 1.67. The average molecular weight is 281 g/mol. The Morgan fingerprint density at radius 1 is 1.40 bits per heavy atom. The Labute approximate surface area is 119 Å². The van der Waals surface area contributed by atoms with E-state index in [4.69, 9.17) is 4.74 Å².